The first-order chi connectivity index (χ1) is 9.33. The summed E-state index contributed by atoms with van der Waals surface area (Å²) < 4.78 is 14.8. The van der Waals surface area contributed by atoms with Crippen LogP contribution in [0.4, 0.5) is 5.00 Å². The SMILES string of the molecule is CCNc1snnc1COCc1cccc(OC)c1. The molecular weight excluding hydrogens is 262 g/mol. The molecule has 0 unspecified atom stereocenters. The Morgan fingerprint density at radius 2 is 2.21 bits per heavy atom. The minimum absolute atomic E-state index is 0.454. The molecule has 19 heavy (non-hydrogen) atoms. The van der Waals surface area contributed by atoms with Crippen LogP contribution in [0.5, 0.6) is 5.75 Å². The second kappa shape index (κ2) is 7.06. The van der Waals surface area contributed by atoms with Crippen LogP contribution < -0.4 is 10.1 Å². The molecule has 0 aliphatic rings. The molecule has 0 aliphatic carbocycles. The molecule has 1 heterocycles. The van der Waals surface area contributed by atoms with E-state index in [1.54, 1.807) is 7.11 Å². The number of nitrogens with one attached hydrogen (secondary N) is 1. The van der Waals surface area contributed by atoms with Gasteiger partial charge in [0.1, 0.15) is 16.4 Å². The summed E-state index contributed by atoms with van der Waals surface area (Å²) in [6, 6.07) is 7.83. The van der Waals surface area contributed by atoms with Crippen molar-refractivity contribution in [1.82, 2.24) is 9.59 Å². The van der Waals surface area contributed by atoms with Crippen LogP contribution in [-0.4, -0.2) is 23.2 Å². The van der Waals surface area contributed by atoms with Crippen molar-refractivity contribution in [2.24, 2.45) is 0 Å². The first-order valence-corrected chi connectivity index (χ1v) is 6.86. The zero-order valence-electron chi connectivity index (χ0n) is 11.0. The molecule has 6 heteroatoms. The lowest BCUT2D eigenvalue weighted by Gasteiger charge is -2.06. The third-order valence-electron chi connectivity index (χ3n) is 2.53. The highest BCUT2D eigenvalue weighted by Crippen LogP contribution is 2.19. The minimum atomic E-state index is 0.454. The van der Waals surface area contributed by atoms with Crippen molar-refractivity contribution in [3.05, 3.63) is 35.5 Å². The van der Waals surface area contributed by atoms with Gasteiger partial charge in [0.2, 0.25) is 0 Å². The van der Waals surface area contributed by atoms with E-state index in [1.807, 2.05) is 31.2 Å². The fourth-order valence-corrected chi connectivity index (χ4v) is 2.26. The third-order valence-corrected chi connectivity index (χ3v) is 3.26. The number of hydrogen-bond acceptors (Lipinski definition) is 6. The highest BCUT2D eigenvalue weighted by molar-refractivity contribution is 7.10. The first-order valence-electron chi connectivity index (χ1n) is 6.09. The van der Waals surface area contributed by atoms with Gasteiger partial charge in [0.05, 0.1) is 20.3 Å². The highest BCUT2D eigenvalue weighted by atomic mass is 32.1. The summed E-state index contributed by atoms with van der Waals surface area (Å²) in [5, 5.41) is 8.25. The highest BCUT2D eigenvalue weighted by Gasteiger charge is 2.07. The summed E-state index contributed by atoms with van der Waals surface area (Å²) in [4.78, 5) is 0. The number of hydrogen-bond donors (Lipinski definition) is 1. The molecule has 0 bridgehead atoms. The number of rotatable bonds is 7. The van der Waals surface area contributed by atoms with Crippen LogP contribution in [0.1, 0.15) is 18.2 Å². The summed E-state index contributed by atoms with van der Waals surface area (Å²) >= 11 is 1.35. The van der Waals surface area contributed by atoms with Crippen LogP contribution in [0, 0.1) is 0 Å². The molecular formula is C13H17N3O2S. The van der Waals surface area contributed by atoms with Gasteiger partial charge in [-0.05, 0) is 24.6 Å². The van der Waals surface area contributed by atoms with E-state index in [1.165, 1.54) is 11.5 Å². The number of methoxy groups -OCH3 is 1. The maximum Gasteiger partial charge on any atom is 0.135 e. The number of anilines is 1. The Hall–Kier alpha value is -1.66. The van der Waals surface area contributed by atoms with Gasteiger partial charge in [-0.1, -0.05) is 16.6 Å². The second-order valence-corrected chi connectivity index (χ2v) is 4.68. The van der Waals surface area contributed by atoms with E-state index in [0.29, 0.717) is 13.2 Å². The fraction of sp³-hybridized carbons (Fsp3) is 0.385. The van der Waals surface area contributed by atoms with Gasteiger partial charge in [0.25, 0.3) is 0 Å². The number of ether oxygens (including phenoxy) is 2. The van der Waals surface area contributed by atoms with Crippen molar-refractivity contribution in [1.29, 1.82) is 0 Å². The van der Waals surface area contributed by atoms with Crippen LogP contribution in [0.2, 0.25) is 0 Å². The molecule has 0 atom stereocenters. The van der Waals surface area contributed by atoms with Crippen LogP contribution >= 0.6 is 11.5 Å². The van der Waals surface area contributed by atoms with Gasteiger partial charge in [-0.2, -0.15) is 0 Å². The van der Waals surface area contributed by atoms with Crippen LogP contribution in [0.3, 0.4) is 0 Å². The normalized spacial score (nSPS) is 10.4. The molecule has 1 N–H and O–H groups in total. The average Bonchev–Trinajstić information content (AvgIpc) is 2.87. The molecule has 1 aromatic carbocycles. The van der Waals surface area contributed by atoms with E-state index in [9.17, 15) is 0 Å². The molecule has 2 rings (SSSR count). The summed E-state index contributed by atoms with van der Waals surface area (Å²) in [6.45, 7) is 3.88. The summed E-state index contributed by atoms with van der Waals surface area (Å²) in [5.74, 6) is 0.838. The largest absolute Gasteiger partial charge is 0.497 e. The molecule has 0 fully saturated rings. The Morgan fingerprint density at radius 1 is 1.32 bits per heavy atom. The quantitative estimate of drug-likeness (QED) is 0.844. The van der Waals surface area contributed by atoms with Gasteiger partial charge in [-0.15, -0.1) is 5.10 Å². The van der Waals surface area contributed by atoms with Crippen molar-refractivity contribution in [2.75, 3.05) is 19.0 Å². The lowest BCUT2D eigenvalue weighted by Crippen LogP contribution is -2.01. The van der Waals surface area contributed by atoms with Crippen molar-refractivity contribution < 1.29 is 9.47 Å². The third kappa shape index (κ3) is 3.90. The van der Waals surface area contributed by atoms with Crippen LogP contribution in [0.15, 0.2) is 24.3 Å². The Labute approximate surface area is 116 Å². The van der Waals surface area contributed by atoms with Crippen LogP contribution in [0.25, 0.3) is 0 Å². The zero-order chi connectivity index (χ0) is 13.5. The fourth-order valence-electron chi connectivity index (χ4n) is 1.63. The number of nitrogens with zero attached hydrogens (tertiary/aromatic N) is 2. The second-order valence-electron chi connectivity index (χ2n) is 3.92. The summed E-state index contributed by atoms with van der Waals surface area (Å²) in [6.07, 6.45) is 0. The monoisotopic (exact) mass is 279 g/mol. The molecule has 0 radical (unpaired) electrons. The predicted molar refractivity (Wildman–Crippen MR) is 75.6 cm³/mol. The predicted octanol–water partition coefficient (Wildman–Crippen LogP) is 2.70. The van der Waals surface area contributed by atoms with Crippen molar-refractivity contribution in [2.45, 2.75) is 20.1 Å². The Bertz CT molecular complexity index is 516. The van der Waals surface area contributed by atoms with Crippen molar-refractivity contribution >= 4 is 16.5 Å². The van der Waals surface area contributed by atoms with Gasteiger partial charge in [-0.25, -0.2) is 0 Å². The molecule has 102 valence electrons. The van der Waals surface area contributed by atoms with Crippen molar-refractivity contribution in [3.63, 3.8) is 0 Å². The molecule has 0 saturated carbocycles. The van der Waals surface area contributed by atoms with Gasteiger partial charge < -0.3 is 14.8 Å². The molecule has 0 aliphatic heterocycles. The van der Waals surface area contributed by atoms with Gasteiger partial charge in [-0.3, -0.25) is 0 Å². The van der Waals surface area contributed by atoms with E-state index >= 15 is 0 Å². The average molecular weight is 279 g/mol. The molecule has 2 aromatic rings. The van der Waals surface area contributed by atoms with E-state index in [0.717, 1.165) is 28.6 Å². The number of aromatic nitrogens is 2. The molecule has 0 spiro atoms. The van der Waals surface area contributed by atoms with Gasteiger partial charge >= 0.3 is 0 Å². The van der Waals surface area contributed by atoms with E-state index in [-0.39, 0.29) is 0 Å². The lowest BCUT2D eigenvalue weighted by molar-refractivity contribution is 0.105. The zero-order valence-corrected chi connectivity index (χ0v) is 11.9. The molecule has 0 saturated heterocycles. The number of benzene rings is 1. The Balaban J connectivity index is 1.87. The van der Waals surface area contributed by atoms with Gasteiger partial charge in [0, 0.05) is 18.1 Å². The minimum Gasteiger partial charge on any atom is -0.497 e. The van der Waals surface area contributed by atoms with Crippen LogP contribution in [-0.2, 0) is 18.0 Å². The van der Waals surface area contributed by atoms with E-state index in [4.69, 9.17) is 9.47 Å². The Kier molecular flexibility index (Phi) is 5.11. The van der Waals surface area contributed by atoms with Gasteiger partial charge in [0.15, 0.2) is 0 Å². The summed E-state index contributed by atoms with van der Waals surface area (Å²) in [5.41, 5.74) is 1.93. The van der Waals surface area contributed by atoms with Crippen molar-refractivity contribution in [3.8, 4) is 5.75 Å². The van der Waals surface area contributed by atoms with E-state index < -0.39 is 0 Å². The maximum absolute atomic E-state index is 5.66. The topological polar surface area (TPSA) is 56.3 Å². The first kappa shape index (κ1) is 13.8. The smallest absolute Gasteiger partial charge is 0.135 e. The molecule has 5 nitrogen and oxygen atoms in total. The lowest BCUT2D eigenvalue weighted by atomic mass is 10.2. The molecule has 0 amide bonds. The molecule has 1 aromatic heterocycles. The summed E-state index contributed by atoms with van der Waals surface area (Å²) in [7, 11) is 1.66. The van der Waals surface area contributed by atoms with E-state index in [2.05, 4.69) is 14.9 Å². The standard InChI is InChI=1S/C13H17N3O2S/c1-3-14-13-12(15-16-19-13)9-18-8-10-5-4-6-11(7-10)17-2/h4-7,14H,3,8-9H2,1-2H3. The Morgan fingerprint density at radius 3 is 3.00 bits per heavy atom. The maximum atomic E-state index is 5.66.